The van der Waals surface area contributed by atoms with Gasteiger partial charge in [-0.25, -0.2) is 9.59 Å². The van der Waals surface area contributed by atoms with Gasteiger partial charge in [0.15, 0.2) is 12.2 Å². The zero-order chi connectivity index (χ0) is 19.0. The maximum absolute atomic E-state index is 11.7. The van der Waals surface area contributed by atoms with Crippen LogP contribution in [0.1, 0.15) is 39.7 Å². The van der Waals surface area contributed by atoms with Crippen molar-refractivity contribution in [2.24, 2.45) is 0 Å². The Bertz CT molecular complexity index is 589. The van der Waals surface area contributed by atoms with E-state index in [-0.39, 0.29) is 6.61 Å². The lowest BCUT2D eigenvalue weighted by atomic mass is 10.2. The van der Waals surface area contributed by atoms with E-state index in [0.717, 1.165) is 5.56 Å². The molecule has 2 atom stereocenters. The first-order valence-corrected chi connectivity index (χ1v) is 7.89. The van der Waals surface area contributed by atoms with Crippen LogP contribution in [0, 0.1) is 0 Å². The molecule has 0 saturated heterocycles. The molecule has 25 heavy (non-hydrogen) atoms. The van der Waals surface area contributed by atoms with Gasteiger partial charge in [0, 0.05) is 0 Å². The Labute approximate surface area is 146 Å². The summed E-state index contributed by atoms with van der Waals surface area (Å²) in [6, 6.07) is 8.92. The molecule has 138 valence electrons. The SMILES string of the molecule is C[C@H](OC(=O)C[C@H](O)C(=O)OCc1ccccc1)C(=O)OC(C)(C)C. The smallest absolute Gasteiger partial charge is 0.347 e. The number of rotatable bonds is 7. The van der Waals surface area contributed by atoms with Crippen LogP contribution in [0.5, 0.6) is 0 Å². The Morgan fingerprint density at radius 3 is 2.24 bits per heavy atom. The third-order valence-electron chi connectivity index (χ3n) is 2.90. The van der Waals surface area contributed by atoms with Crippen molar-refractivity contribution >= 4 is 17.9 Å². The summed E-state index contributed by atoms with van der Waals surface area (Å²) in [5.74, 6) is -2.55. The van der Waals surface area contributed by atoms with E-state index >= 15 is 0 Å². The van der Waals surface area contributed by atoms with E-state index in [1.54, 1.807) is 45.0 Å². The van der Waals surface area contributed by atoms with Crippen LogP contribution in [0.4, 0.5) is 0 Å². The van der Waals surface area contributed by atoms with E-state index in [1.165, 1.54) is 6.92 Å². The maximum Gasteiger partial charge on any atom is 0.347 e. The molecule has 0 amide bonds. The predicted molar refractivity (Wildman–Crippen MR) is 88.3 cm³/mol. The van der Waals surface area contributed by atoms with Gasteiger partial charge in [0.25, 0.3) is 0 Å². The molecule has 0 aromatic heterocycles. The molecule has 0 radical (unpaired) electrons. The summed E-state index contributed by atoms with van der Waals surface area (Å²) in [6.45, 7) is 6.40. The first-order chi connectivity index (χ1) is 11.6. The maximum atomic E-state index is 11.7. The lowest BCUT2D eigenvalue weighted by Crippen LogP contribution is -2.34. The van der Waals surface area contributed by atoms with Crippen molar-refractivity contribution in [2.75, 3.05) is 0 Å². The van der Waals surface area contributed by atoms with Crippen molar-refractivity contribution in [2.45, 2.75) is 58.5 Å². The molecule has 0 aliphatic rings. The standard InChI is InChI=1S/C18H24O7/c1-12(16(21)25-18(2,3)4)24-15(20)10-14(19)17(22)23-11-13-8-6-5-7-9-13/h5-9,12,14,19H,10-11H2,1-4H3/t12-,14-/m0/s1. The highest BCUT2D eigenvalue weighted by molar-refractivity contribution is 5.83. The van der Waals surface area contributed by atoms with Gasteiger partial charge in [-0.1, -0.05) is 30.3 Å². The molecular weight excluding hydrogens is 328 g/mol. The summed E-state index contributed by atoms with van der Waals surface area (Å²) >= 11 is 0. The van der Waals surface area contributed by atoms with Gasteiger partial charge in [-0.3, -0.25) is 4.79 Å². The van der Waals surface area contributed by atoms with Crippen molar-refractivity contribution in [1.29, 1.82) is 0 Å². The van der Waals surface area contributed by atoms with Crippen LogP contribution in [-0.2, 0) is 35.2 Å². The average Bonchev–Trinajstić information content (AvgIpc) is 2.51. The van der Waals surface area contributed by atoms with Crippen LogP contribution in [0.15, 0.2) is 30.3 Å². The average molecular weight is 352 g/mol. The molecule has 0 saturated carbocycles. The third-order valence-corrected chi connectivity index (χ3v) is 2.90. The number of esters is 3. The minimum atomic E-state index is -1.66. The first kappa shape index (κ1) is 20.6. The van der Waals surface area contributed by atoms with E-state index in [0.29, 0.717) is 0 Å². The second kappa shape index (κ2) is 9.17. The summed E-state index contributed by atoms with van der Waals surface area (Å²) in [4.78, 5) is 35.1. The van der Waals surface area contributed by atoms with Gasteiger partial charge >= 0.3 is 17.9 Å². The van der Waals surface area contributed by atoms with Gasteiger partial charge in [0.2, 0.25) is 0 Å². The minimum absolute atomic E-state index is 0.0138. The molecule has 0 heterocycles. The van der Waals surface area contributed by atoms with Gasteiger partial charge in [-0.15, -0.1) is 0 Å². The van der Waals surface area contributed by atoms with Crippen LogP contribution in [0.25, 0.3) is 0 Å². The van der Waals surface area contributed by atoms with Crippen LogP contribution in [0.2, 0.25) is 0 Å². The Morgan fingerprint density at radius 2 is 1.68 bits per heavy atom. The zero-order valence-electron chi connectivity index (χ0n) is 14.9. The summed E-state index contributed by atoms with van der Waals surface area (Å²) in [5.41, 5.74) is 0.0441. The number of ether oxygens (including phenoxy) is 3. The lowest BCUT2D eigenvalue weighted by molar-refractivity contribution is -0.176. The van der Waals surface area contributed by atoms with Gasteiger partial charge in [-0.2, -0.15) is 0 Å². The number of carbonyl (C=O) groups is 3. The van der Waals surface area contributed by atoms with Crippen LogP contribution in [0.3, 0.4) is 0 Å². The van der Waals surface area contributed by atoms with Gasteiger partial charge in [0.1, 0.15) is 12.2 Å². The topological polar surface area (TPSA) is 99.1 Å². The molecule has 0 unspecified atom stereocenters. The molecule has 0 aliphatic carbocycles. The molecule has 1 N–H and O–H groups in total. The zero-order valence-corrected chi connectivity index (χ0v) is 14.9. The Hall–Kier alpha value is -2.41. The van der Waals surface area contributed by atoms with Gasteiger partial charge < -0.3 is 19.3 Å². The normalized spacial score (nSPS) is 13.5. The fraction of sp³-hybridized carbons (Fsp3) is 0.500. The lowest BCUT2D eigenvalue weighted by Gasteiger charge is -2.22. The second-order valence-electron chi connectivity index (χ2n) is 6.48. The highest BCUT2D eigenvalue weighted by Gasteiger charge is 2.27. The Morgan fingerprint density at radius 1 is 1.08 bits per heavy atom. The number of hydrogen-bond donors (Lipinski definition) is 1. The molecule has 0 bridgehead atoms. The minimum Gasteiger partial charge on any atom is -0.459 e. The van der Waals surface area contributed by atoms with Crippen molar-refractivity contribution in [1.82, 2.24) is 0 Å². The molecule has 1 rings (SSSR count). The van der Waals surface area contributed by atoms with Crippen LogP contribution in [-0.4, -0.2) is 40.8 Å². The van der Waals surface area contributed by atoms with Crippen molar-refractivity contribution in [3.8, 4) is 0 Å². The molecule has 7 nitrogen and oxygen atoms in total. The number of carbonyl (C=O) groups excluding carboxylic acids is 3. The predicted octanol–water partition coefficient (Wildman–Crippen LogP) is 1.75. The van der Waals surface area contributed by atoms with E-state index in [1.807, 2.05) is 6.07 Å². The molecule has 1 aromatic carbocycles. The van der Waals surface area contributed by atoms with Gasteiger partial charge in [-0.05, 0) is 33.3 Å². The van der Waals surface area contributed by atoms with Crippen molar-refractivity contribution < 1.29 is 33.7 Å². The number of aliphatic hydroxyl groups excluding tert-OH is 1. The monoisotopic (exact) mass is 352 g/mol. The second-order valence-corrected chi connectivity index (χ2v) is 6.48. The Balaban J connectivity index is 2.39. The number of benzene rings is 1. The van der Waals surface area contributed by atoms with E-state index in [9.17, 15) is 19.5 Å². The third kappa shape index (κ3) is 8.30. The fourth-order valence-corrected chi connectivity index (χ4v) is 1.74. The van der Waals surface area contributed by atoms with Crippen LogP contribution < -0.4 is 0 Å². The Kier molecular flexibility index (Phi) is 7.57. The molecule has 0 spiro atoms. The van der Waals surface area contributed by atoms with E-state index in [2.05, 4.69) is 0 Å². The largest absolute Gasteiger partial charge is 0.459 e. The molecule has 0 aliphatic heterocycles. The summed E-state index contributed by atoms with van der Waals surface area (Å²) in [7, 11) is 0. The van der Waals surface area contributed by atoms with E-state index < -0.39 is 42.1 Å². The number of hydrogen-bond acceptors (Lipinski definition) is 7. The van der Waals surface area contributed by atoms with Gasteiger partial charge in [0.05, 0.1) is 6.42 Å². The summed E-state index contributed by atoms with van der Waals surface area (Å²) in [5, 5.41) is 9.71. The highest BCUT2D eigenvalue weighted by Crippen LogP contribution is 2.11. The molecule has 1 aromatic rings. The van der Waals surface area contributed by atoms with Crippen LogP contribution >= 0.6 is 0 Å². The highest BCUT2D eigenvalue weighted by atomic mass is 16.6. The fourth-order valence-electron chi connectivity index (χ4n) is 1.74. The number of aliphatic hydroxyl groups is 1. The molecule has 7 heteroatoms. The van der Waals surface area contributed by atoms with E-state index in [4.69, 9.17) is 14.2 Å². The molecule has 0 fully saturated rings. The summed E-state index contributed by atoms with van der Waals surface area (Å²) in [6.07, 6.45) is -3.41. The van der Waals surface area contributed by atoms with Crippen molar-refractivity contribution in [3.05, 3.63) is 35.9 Å². The quantitative estimate of drug-likeness (QED) is 0.589. The summed E-state index contributed by atoms with van der Waals surface area (Å²) < 4.78 is 14.9. The first-order valence-electron chi connectivity index (χ1n) is 7.89. The molecular formula is C18H24O7. The van der Waals surface area contributed by atoms with Crippen molar-refractivity contribution in [3.63, 3.8) is 0 Å².